The molecule has 2 aliphatic rings. The van der Waals surface area contributed by atoms with Crippen molar-refractivity contribution in [1.82, 2.24) is 29.7 Å². The molecule has 2 aliphatic heterocycles. The summed E-state index contributed by atoms with van der Waals surface area (Å²) in [6.45, 7) is 3.89. The third kappa shape index (κ3) is 7.97. The Kier molecular flexibility index (Phi) is 11.8. The molecule has 14 nitrogen and oxygen atoms in total. The topological polar surface area (TPSA) is 157 Å². The van der Waals surface area contributed by atoms with Crippen LogP contribution >= 0.6 is 46.2 Å². The van der Waals surface area contributed by atoms with Gasteiger partial charge in [0.25, 0.3) is 0 Å². The molecule has 320 valence electrons. The van der Waals surface area contributed by atoms with Crippen LogP contribution in [0.4, 0.5) is 0 Å². The van der Waals surface area contributed by atoms with E-state index >= 15 is 0 Å². The number of esters is 2. The molecular weight excluding hydrogens is 889 g/mol. The zero-order valence-electron chi connectivity index (χ0n) is 34.3. The van der Waals surface area contributed by atoms with Gasteiger partial charge in [-0.05, 0) is 38.1 Å². The van der Waals surface area contributed by atoms with E-state index in [9.17, 15) is 9.59 Å². The lowest BCUT2D eigenvalue weighted by Gasteiger charge is -2.18. The van der Waals surface area contributed by atoms with Crippen molar-refractivity contribution >= 4 is 79.0 Å². The number of carbonyl (C=O) groups is 2. The van der Waals surface area contributed by atoms with Gasteiger partial charge in [-0.2, -0.15) is 19.6 Å². The molecule has 0 unspecified atom stereocenters. The van der Waals surface area contributed by atoms with Crippen LogP contribution in [0.15, 0.2) is 130 Å². The number of carbonyl (C=O) groups excluding carboxylic acids is 2. The molecule has 0 aliphatic carbocycles. The van der Waals surface area contributed by atoms with Crippen LogP contribution in [0.5, 0.6) is 11.5 Å². The number of thioether (sulfide) groups is 2. The Morgan fingerprint density at radius 3 is 1.42 bits per heavy atom. The number of hydrogen-bond donors (Lipinski definition) is 0. The maximum Gasteiger partial charge on any atom is 0.348 e. The van der Waals surface area contributed by atoms with Gasteiger partial charge in [0.1, 0.15) is 34.5 Å². The number of hydrogen-bond acceptors (Lipinski definition) is 16. The Morgan fingerprint density at radius 2 is 0.984 bits per heavy atom. The average Bonchev–Trinajstić information content (AvgIpc) is 4.13. The van der Waals surface area contributed by atoms with Crippen molar-refractivity contribution in [2.45, 2.75) is 37.4 Å². The number of nitrogens with zero attached hydrogens (tertiary/aromatic N) is 8. The predicted molar refractivity (Wildman–Crippen MR) is 249 cm³/mol. The molecule has 0 spiro atoms. The van der Waals surface area contributed by atoms with Crippen LogP contribution in [-0.2, 0) is 22.7 Å². The molecule has 0 amide bonds. The number of thiophene rings is 2. The largest absolute Gasteiger partial charge is 0.488 e. The first-order valence-corrected chi connectivity index (χ1v) is 23.9. The van der Waals surface area contributed by atoms with Crippen molar-refractivity contribution in [3.05, 3.63) is 141 Å². The fourth-order valence-corrected chi connectivity index (χ4v) is 11.5. The Morgan fingerprint density at radius 1 is 0.562 bits per heavy atom. The van der Waals surface area contributed by atoms with Gasteiger partial charge in [-0.15, -0.1) is 43.1 Å². The van der Waals surface area contributed by atoms with Crippen molar-refractivity contribution in [1.29, 1.82) is 0 Å². The molecule has 18 heteroatoms. The third-order valence-electron chi connectivity index (χ3n) is 10.2. The predicted octanol–water partition coefficient (Wildman–Crippen LogP) is 9.71. The van der Waals surface area contributed by atoms with E-state index in [-0.39, 0.29) is 26.4 Å². The first-order chi connectivity index (χ1) is 31.5. The minimum Gasteiger partial charge on any atom is -0.488 e. The van der Waals surface area contributed by atoms with Gasteiger partial charge >= 0.3 is 11.9 Å². The van der Waals surface area contributed by atoms with Gasteiger partial charge < -0.3 is 18.9 Å². The van der Waals surface area contributed by atoms with Crippen molar-refractivity contribution in [2.75, 3.05) is 24.7 Å². The number of para-hydroxylation sites is 2. The summed E-state index contributed by atoms with van der Waals surface area (Å²) >= 11 is 5.61. The molecule has 0 atom stereocenters. The van der Waals surface area contributed by atoms with Gasteiger partial charge in [0.15, 0.2) is 11.6 Å². The van der Waals surface area contributed by atoms with Crippen LogP contribution in [0.2, 0.25) is 0 Å². The Hall–Kier alpha value is -6.60. The van der Waals surface area contributed by atoms with Crippen molar-refractivity contribution in [3.8, 4) is 34.3 Å². The minimum atomic E-state index is -0.477. The monoisotopic (exact) mass is 924 g/mol. The maximum atomic E-state index is 13.7. The van der Waals surface area contributed by atoms with Crippen molar-refractivity contribution in [2.24, 2.45) is 10.2 Å². The lowest BCUT2D eigenvalue weighted by atomic mass is 10.1. The second kappa shape index (κ2) is 18.2. The summed E-state index contributed by atoms with van der Waals surface area (Å²) in [6.07, 6.45) is 0. The van der Waals surface area contributed by atoms with E-state index in [0.29, 0.717) is 71.2 Å². The van der Waals surface area contributed by atoms with Crippen LogP contribution in [0, 0.1) is 0 Å². The lowest BCUT2D eigenvalue weighted by molar-refractivity contribution is 0.0520. The number of ether oxygens (including phenoxy) is 4. The van der Waals surface area contributed by atoms with Crippen LogP contribution in [-0.4, -0.2) is 77.8 Å². The van der Waals surface area contributed by atoms with E-state index in [1.165, 1.54) is 46.2 Å². The molecule has 0 saturated heterocycles. The summed E-state index contributed by atoms with van der Waals surface area (Å²) in [5, 5.41) is 29.7. The third-order valence-corrected chi connectivity index (χ3v) is 14.6. The number of aromatic nitrogens is 6. The molecule has 0 N–H and O–H groups in total. The summed E-state index contributed by atoms with van der Waals surface area (Å²) in [5.41, 5.74) is 6.09. The number of fused-ring (bicyclic) bond motifs is 3. The molecule has 64 heavy (non-hydrogen) atoms. The van der Waals surface area contributed by atoms with Gasteiger partial charge in [0, 0.05) is 50.3 Å². The van der Waals surface area contributed by atoms with E-state index < -0.39 is 11.9 Å². The average molecular weight is 925 g/mol. The van der Waals surface area contributed by atoms with E-state index in [0.717, 1.165) is 37.7 Å². The smallest absolute Gasteiger partial charge is 0.348 e. The molecule has 4 aromatic carbocycles. The Labute approximate surface area is 383 Å². The number of rotatable bonds is 14. The fourth-order valence-electron chi connectivity index (χ4n) is 7.30. The zero-order valence-corrected chi connectivity index (χ0v) is 37.6. The van der Waals surface area contributed by atoms with E-state index in [1.54, 1.807) is 23.2 Å². The molecule has 4 aromatic heterocycles. The van der Waals surface area contributed by atoms with Gasteiger partial charge in [0.2, 0.25) is 10.3 Å². The highest BCUT2D eigenvalue weighted by molar-refractivity contribution is 8.00. The first-order valence-electron chi connectivity index (χ1n) is 20.3. The van der Waals surface area contributed by atoms with E-state index in [1.807, 2.05) is 109 Å². The maximum absolute atomic E-state index is 13.7. The van der Waals surface area contributed by atoms with Gasteiger partial charge in [0.05, 0.1) is 28.7 Å². The van der Waals surface area contributed by atoms with Gasteiger partial charge in [-0.1, -0.05) is 108 Å². The summed E-state index contributed by atoms with van der Waals surface area (Å²) in [5.74, 6) is 2.54. The van der Waals surface area contributed by atoms with Crippen molar-refractivity contribution < 1.29 is 28.5 Å². The highest BCUT2D eigenvalue weighted by Gasteiger charge is 2.31. The molecule has 6 heterocycles. The first kappa shape index (κ1) is 41.4. The highest BCUT2D eigenvalue weighted by atomic mass is 32.2. The molecule has 0 bridgehead atoms. The van der Waals surface area contributed by atoms with Crippen LogP contribution in [0.1, 0.15) is 55.4 Å². The van der Waals surface area contributed by atoms with Crippen LogP contribution in [0.25, 0.3) is 32.2 Å². The second-order valence-corrected chi connectivity index (χ2v) is 18.3. The Bertz CT molecular complexity index is 2900. The van der Waals surface area contributed by atoms with Crippen LogP contribution in [0.3, 0.4) is 0 Å². The van der Waals surface area contributed by atoms with E-state index in [4.69, 9.17) is 29.2 Å². The summed E-state index contributed by atoms with van der Waals surface area (Å²) in [7, 11) is 0. The number of benzene rings is 4. The Balaban J connectivity index is 0.999. The van der Waals surface area contributed by atoms with Crippen LogP contribution < -0.4 is 9.47 Å². The zero-order chi connectivity index (χ0) is 43.6. The molecular formula is C46H36N8O6S4. The quantitative estimate of drug-likeness (QED) is 0.0953. The SMILES string of the molecule is CCOC(=O)c1sc2sc(C(=O)OCC)c(COc3ccccc3C3=Nn4c(nnc4-c4ccccc4)SC3)c2c1COc1ccccc1C1=Nn2c(nnc2-c2ccccc2)SC1. The molecule has 0 radical (unpaired) electrons. The van der Waals surface area contributed by atoms with Crippen molar-refractivity contribution in [3.63, 3.8) is 0 Å². The minimum absolute atomic E-state index is 0.0135. The second-order valence-electron chi connectivity index (χ2n) is 14.1. The lowest BCUT2D eigenvalue weighted by Crippen LogP contribution is -2.16. The summed E-state index contributed by atoms with van der Waals surface area (Å²) < 4.78 is 28.8. The molecule has 8 aromatic rings. The summed E-state index contributed by atoms with van der Waals surface area (Å²) in [4.78, 5) is 28.1. The molecule has 0 fully saturated rings. The molecule has 10 rings (SSSR count). The van der Waals surface area contributed by atoms with Gasteiger partial charge in [-0.3, -0.25) is 0 Å². The standard InChI is InChI=1S/C46H36N8O6S4/c1-3-57-42(55)38-31(23-59-35-21-13-11-19-29(35)33-25-61-45-49-47-40(53(45)51-33)27-15-7-5-8-16-27)37-32(39(43(56)58-4-2)64-44(37)63-38)24-60-36-22-14-12-20-30(36)34-26-62-46-50-48-41(54(46)52-34)28-17-9-6-10-18-28/h5-22H,3-4,23-26H2,1-2H3. The van der Waals surface area contributed by atoms with Gasteiger partial charge in [-0.25, -0.2) is 9.59 Å². The normalized spacial score (nSPS) is 13.2. The van der Waals surface area contributed by atoms with E-state index in [2.05, 4.69) is 20.4 Å². The fraction of sp³-hybridized carbons (Fsp3) is 0.174. The summed E-state index contributed by atoms with van der Waals surface area (Å²) in [6, 6.07) is 35.0. The molecule has 0 saturated carbocycles. The highest BCUT2D eigenvalue weighted by Crippen LogP contribution is 2.44.